The number of anilines is 1. The van der Waals surface area contributed by atoms with Gasteiger partial charge in [-0.1, -0.05) is 29.8 Å². The van der Waals surface area contributed by atoms with E-state index in [4.69, 9.17) is 16.3 Å². The lowest BCUT2D eigenvalue weighted by Gasteiger charge is -2.26. The van der Waals surface area contributed by atoms with Gasteiger partial charge in [-0.15, -0.1) is 0 Å². The second-order valence-electron chi connectivity index (χ2n) is 6.67. The second kappa shape index (κ2) is 7.18. The van der Waals surface area contributed by atoms with Crippen LogP contribution in [0.15, 0.2) is 48.7 Å². The smallest absolute Gasteiger partial charge is 0.339 e. The van der Waals surface area contributed by atoms with Crippen molar-refractivity contribution >= 4 is 29.2 Å². The van der Waals surface area contributed by atoms with E-state index in [9.17, 15) is 19.8 Å². The number of carboxylic acid groups (broad SMARTS) is 1. The maximum absolute atomic E-state index is 12.4. The first kappa shape index (κ1) is 18.9. The van der Waals surface area contributed by atoms with Crippen molar-refractivity contribution in [1.29, 1.82) is 0 Å². The molecule has 0 radical (unpaired) electrons. The van der Waals surface area contributed by atoms with Gasteiger partial charge in [0.15, 0.2) is 11.5 Å². The third-order valence-corrected chi connectivity index (χ3v) is 5.29. The van der Waals surface area contributed by atoms with Crippen LogP contribution in [-0.2, 0) is 4.79 Å². The Morgan fingerprint density at radius 2 is 2.03 bits per heavy atom. The number of hydrogen-bond acceptors (Lipinski definition) is 4. The summed E-state index contributed by atoms with van der Waals surface area (Å²) in [4.78, 5) is 24.2. The van der Waals surface area contributed by atoms with Gasteiger partial charge >= 0.3 is 5.97 Å². The highest BCUT2D eigenvalue weighted by atomic mass is 35.5. The molecule has 0 saturated carbocycles. The minimum Gasteiger partial charge on any atom is -0.504 e. The molecule has 2 heterocycles. The Kier molecular flexibility index (Phi) is 4.68. The molecule has 29 heavy (non-hydrogen) atoms. The fraction of sp³-hybridized carbons (Fsp3) is 0.143. The maximum Gasteiger partial charge on any atom is 0.339 e. The minimum atomic E-state index is -1.16. The van der Waals surface area contributed by atoms with Gasteiger partial charge in [-0.2, -0.15) is 0 Å². The van der Waals surface area contributed by atoms with Gasteiger partial charge in [0.1, 0.15) is 5.56 Å². The average Bonchev–Trinajstić information content (AvgIpc) is 3.07. The molecule has 3 aromatic rings. The first-order valence-corrected chi connectivity index (χ1v) is 9.18. The fourth-order valence-corrected chi connectivity index (χ4v) is 3.90. The number of aromatic carboxylic acids is 1. The molecule has 1 aromatic heterocycles. The molecule has 0 unspecified atom stereocenters. The van der Waals surface area contributed by atoms with E-state index in [2.05, 4.69) is 5.32 Å². The Balaban J connectivity index is 1.97. The molecule has 1 aliphatic rings. The highest BCUT2D eigenvalue weighted by Gasteiger charge is 2.35. The fourth-order valence-electron chi connectivity index (χ4n) is 3.68. The van der Waals surface area contributed by atoms with E-state index in [0.717, 1.165) is 0 Å². The van der Waals surface area contributed by atoms with Gasteiger partial charge in [0.2, 0.25) is 5.91 Å². The van der Waals surface area contributed by atoms with Gasteiger partial charge in [-0.3, -0.25) is 4.79 Å². The van der Waals surface area contributed by atoms with Crippen molar-refractivity contribution in [3.63, 3.8) is 0 Å². The molecule has 3 N–H and O–H groups in total. The summed E-state index contributed by atoms with van der Waals surface area (Å²) >= 11 is 6.37. The summed E-state index contributed by atoms with van der Waals surface area (Å²) in [5, 5.41) is 23.0. The van der Waals surface area contributed by atoms with Crippen LogP contribution < -0.4 is 10.1 Å². The van der Waals surface area contributed by atoms with Crippen molar-refractivity contribution < 1.29 is 24.5 Å². The molecule has 1 amide bonds. The van der Waals surface area contributed by atoms with Crippen LogP contribution in [0.3, 0.4) is 0 Å². The molecule has 4 rings (SSSR count). The number of amides is 1. The quantitative estimate of drug-likeness (QED) is 0.601. The number of aromatic nitrogens is 1. The van der Waals surface area contributed by atoms with Gasteiger partial charge < -0.3 is 24.8 Å². The lowest BCUT2D eigenvalue weighted by atomic mass is 9.88. The first-order chi connectivity index (χ1) is 13.9. The Morgan fingerprint density at radius 1 is 1.28 bits per heavy atom. The third-order valence-electron chi connectivity index (χ3n) is 4.97. The third kappa shape index (κ3) is 3.19. The van der Waals surface area contributed by atoms with Crippen LogP contribution in [0, 0.1) is 0 Å². The number of hydrogen-bond donors (Lipinski definition) is 3. The zero-order valence-corrected chi connectivity index (χ0v) is 16.1. The van der Waals surface area contributed by atoms with Crippen LogP contribution in [0.2, 0.25) is 5.02 Å². The van der Waals surface area contributed by atoms with Gasteiger partial charge in [0.05, 0.1) is 29.2 Å². The van der Waals surface area contributed by atoms with E-state index in [1.54, 1.807) is 41.0 Å². The lowest BCUT2D eigenvalue weighted by molar-refractivity contribution is -0.116. The van der Waals surface area contributed by atoms with E-state index in [0.29, 0.717) is 27.7 Å². The molecule has 2 aromatic carbocycles. The normalized spacial score (nSPS) is 15.5. The second-order valence-corrected chi connectivity index (χ2v) is 7.07. The molecular formula is C21H17ClN2O5. The number of para-hydroxylation sites is 1. The van der Waals surface area contributed by atoms with E-state index >= 15 is 0 Å². The Bertz CT molecular complexity index is 1140. The highest BCUT2D eigenvalue weighted by Crippen LogP contribution is 2.43. The molecule has 1 atom stereocenters. The topological polar surface area (TPSA) is 101 Å². The van der Waals surface area contributed by atoms with Crippen LogP contribution in [0.5, 0.6) is 11.5 Å². The summed E-state index contributed by atoms with van der Waals surface area (Å²) in [5.41, 5.74) is 2.03. The minimum absolute atomic E-state index is 0.0318. The Morgan fingerprint density at radius 3 is 2.69 bits per heavy atom. The lowest BCUT2D eigenvalue weighted by Crippen LogP contribution is -2.25. The number of aromatic hydroxyl groups is 1. The number of rotatable bonds is 4. The number of ether oxygens (including phenoxy) is 1. The average molecular weight is 413 g/mol. The van der Waals surface area contributed by atoms with Crippen LogP contribution in [0.4, 0.5) is 5.69 Å². The van der Waals surface area contributed by atoms with Gasteiger partial charge in [0.25, 0.3) is 0 Å². The summed E-state index contributed by atoms with van der Waals surface area (Å²) in [6, 6.07) is 11.9. The number of phenolic OH excluding ortho intramolecular Hbond substituents is 1. The van der Waals surface area contributed by atoms with Crippen LogP contribution in [-0.4, -0.2) is 33.8 Å². The zero-order valence-electron chi connectivity index (χ0n) is 15.3. The van der Waals surface area contributed by atoms with E-state index < -0.39 is 11.9 Å². The molecule has 1 aliphatic heterocycles. The first-order valence-electron chi connectivity index (χ1n) is 8.81. The number of carboxylic acids is 1. The summed E-state index contributed by atoms with van der Waals surface area (Å²) in [6.07, 6.45) is 1.54. The van der Waals surface area contributed by atoms with Crippen molar-refractivity contribution in [3.05, 3.63) is 70.5 Å². The summed E-state index contributed by atoms with van der Waals surface area (Å²) in [5.74, 6) is -1.71. The number of carbonyl (C=O) groups is 2. The number of carbonyl (C=O) groups excluding carboxylic acids is 1. The number of phenols is 1. The highest BCUT2D eigenvalue weighted by molar-refractivity contribution is 6.32. The number of benzene rings is 2. The van der Waals surface area contributed by atoms with E-state index in [-0.39, 0.29) is 29.3 Å². The van der Waals surface area contributed by atoms with Gasteiger partial charge in [-0.25, -0.2) is 4.79 Å². The van der Waals surface area contributed by atoms with Crippen LogP contribution >= 0.6 is 11.6 Å². The number of methoxy groups -OCH3 is 1. The van der Waals surface area contributed by atoms with Gasteiger partial charge in [-0.05, 0) is 29.8 Å². The van der Waals surface area contributed by atoms with Crippen molar-refractivity contribution in [2.24, 2.45) is 0 Å². The molecule has 8 heteroatoms. The molecule has 0 fully saturated rings. The summed E-state index contributed by atoms with van der Waals surface area (Å²) < 4.78 is 6.78. The predicted molar refractivity (Wildman–Crippen MR) is 107 cm³/mol. The van der Waals surface area contributed by atoms with E-state index in [1.807, 2.05) is 0 Å². The van der Waals surface area contributed by atoms with Crippen molar-refractivity contribution in [2.45, 2.75) is 12.3 Å². The SMILES string of the molecule is COc1ccc([C@H]2CC(=O)Nc3c(C(=O)O)cn(-c4ccccc4Cl)c32)cc1O. The molecule has 0 saturated heterocycles. The molecule has 0 spiro atoms. The standard InChI is InChI=1S/C21H17ClN2O5/c1-29-17-7-6-11(8-16(17)25)12-9-18(26)23-19-13(21(27)28)10-24(20(12)19)15-5-3-2-4-14(15)22/h2-8,10,12,25H,9H2,1H3,(H,23,26)(H,27,28)/t12-/m1/s1. The molecule has 0 bridgehead atoms. The number of nitrogens with zero attached hydrogens (tertiary/aromatic N) is 1. The van der Waals surface area contributed by atoms with Crippen LogP contribution in [0.1, 0.15) is 34.0 Å². The van der Waals surface area contributed by atoms with Crippen LogP contribution in [0.25, 0.3) is 5.69 Å². The molecule has 7 nitrogen and oxygen atoms in total. The van der Waals surface area contributed by atoms with Crippen molar-refractivity contribution in [3.8, 4) is 17.2 Å². The van der Waals surface area contributed by atoms with Crippen molar-refractivity contribution in [1.82, 2.24) is 4.57 Å². The number of halogens is 1. The molecular weight excluding hydrogens is 396 g/mol. The molecule has 0 aliphatic carbocycles. The molecule has 148 valence electrons. The maximum atomic E-state index is 12.4. The Hall–Kier alpha value is -3.45. The van der Waals surface area contributed by atoms with Gasteiger partial charge in [0, 0.05) is 18.5 Å². The Labute approximate surface area is 171 Å². The van der Waals surface area contributed by atoms with Crippen molar-refractivity contribution in [2.75, 3.05) is 12.4 Å². The van der Waals surface area contributed by atoms with E-state index in [1.165, 1.54) is 19.4 Å². The largest absolute Gasteiger partial charge is 0.504 e. The summed E-state index contributed by atoms with van der Waals surface area (Å²) in [7, 11) is 1.45. The summed E-state index contributed by atoms with van der Waals surface area (Å²) in [6.45, 7) is 0. The monoisotopic (exact) mass is 412 g/mol. The number of nitrogens with one attached hydrogen (secondary N) is 1. The number of fused-ring (bicyclic) bond motifs is 1. The zero-order chi connectivity index (χ0) is 20.7. The predicted octanol–water partition coefficient (Wildman–Crippen LogP) is 4.02.